The average molecular weight is 234 g/mol. The lowest BCUT2D eigenvalue weighted by Gasteiger charge is -2.11. The second-order valence-corrected chi connectivity index (χ2v) is 3.75. The second-order valence-electron chi connectivity index (χ2n) is 3.75. The Hall–Kier alpha value is -1.77. The van der Waals surface area contributed by atoms with Crippen LogP contribution in [0.1, 0.15) is 24.5 Å². The van der Waals surface area contributed by atoms with E-state index in [1.54, 1.807) is 7.11 Å². The van der Waals surface area contributed by atoms with E-state index in [-0.39, 0.29) is 5.97 Å². The molecule has 3 nitrogen and oxygen atoms in total. The highest BCUT2D eigenvalue weighted by atomic mass is 16.5. The molecule has 0 unspecified atom stereocenters. The average Bonchev–Trinajstić information content (AvgIpc) is 2.35. The Morgan fingerprint density at radius 1 is 1.35 bits per heavy atom. The Morgan fingerprint density at radius 3 is 2.59 bits per heavy atom. The van der Waals surface area contributed by atoms with Gasteiger partial charge in [0.25, 0.3) is 0 Å². The van der Waals surface area contributed by atoms with Gasteiger partial charge in [0.2, 0.25) is 0 Å². The van der Waals surface area contributed by atoms with Gasteiger partial charge >= 0.3 is 5.97 Å². The molecule has 0 aliphatic rings. The molecule has 1 aromatic rings. The summed E-state index contributed by atoms with van der Waals surface area (Å²) in [7, 11) is 3.00. The molecule has 0 atom stereocenters. The van der Waals surface area contributed by atoms with Gasteiger partial charge in [-0.2, -0.15) is 0 Å². The Labute approximate surface area is 102 Å². The van der Waals surface area contributed by atoms with Gasteiger partial charge in [0.05, 0.1) is 14.2 Å². The van der Waals surface area contributed by atoms with Crippen molar-refractivity contribution in [2.75, 3.05) is 14.2 Å². The maximum atomic E-state index is 11.3. The first kappa shape index (κ1) is 13.3. The summed E-state index contributed by atoms with van der Waals surface area (Å²) in [5, 5.41) is 0. The SMILES string of the molecule is CC/C(=C/C(=O)OC)c1cc(C)ccc1OC. The molecule has 0 aromatic heterocycles. The summed E-state index contributed by atoms with van der Waals surface area (Å²) in [6, 6.07) is 5.90. The molecule has 0 aliphatic carbocycles. The molecule has 0 saturated carbocycles. The maximum absolute atomic E-state index is 11.3. The summed E-state index contributed by atoms with van der Waals surface area (Å²) >= 11 is 0. The van der Waals surface area contributed by atoms with Gasteiger partial charge in [-0.1, -0.05) is 18.6 Å². The lowest BCUT2D eigenvalue weighted by Crippen LogP contribution is -1.98. The molecule has 0 radical (unpaired) electrons. The standard InChI is InChI=1S/C14H18O3/c1-5-11(9-14(15)17-4)12-8-10(2)6-7-13(12)16-3/h6-9H,5H2,1-4H3/b11-9-. The maximum Gasteiger partial charge on any atom is 0.330 e. The third-order valence-electron chi connectivity index (χ3n) is 2.58. The third kappa shape index (κ3) is 3.34. The first-order valence-electron chi connectivity index (χ1n) is 5.55. The minimum absolute atomic E-state index is 0.342. The zero-order valence-electron chi connectivity index (χ0n) is 10.7. The van der Waals surface area contributed by atoms with Crippen molar-refractivity contribution >= 4 is 11.5 Å². The molecule has 0 bridgehead atoms. The van der Waals surface area contributed by atoms with Gasteiger partial charge in [0, 0.05) is 11.6 Å². The summed E-state index contributed by atoms with van der Waals surface area (Å²) < 4.78 is 9.96. The number of hydrogen-bond donors (Lipinski definition) is 0. The molecule has 0 heterocycles. The van der Waals surface area contributed by atoms with E-state index in [4.69, 9.17) is 4.74 Å². The fourth-order valence-corrected chi connectivity index (χ4v) is 1.64. The van der Waals surface area contributed by atoms with Gasteiger partial charge < -0.3 is 9.47 Å². The molecule has 0 aliphatic heterocycles. The van der Waals surface area contributed by atoms with Crippen LogP contribution in [0.4, 0.5) is 0 Å². The van der Waals surface area contributed by atoms with E-state index in [9.17, 15) is 4.79 Å². The minimum Gasteiger partial charge on any atom is -0.496 e. The number of allylic oxidation sites excluding steroid dienone is 1. The van der Waals surface area contributed by atoms with E-state index in [2.05, 4.69) is 4.74 Å². The zero-order chi connectivity index (χ0) is 12.8. The van der Waals surface area contributed by atoms with Crippen LogP contribution in [0.25, 0.3) is 5.57 Å². The van der Waals surface area contributed by atoms with Crippen LogP contribution in [0.2, 0.25) is 0 Å². The molecule has 3 heteroatoms. The largest absolute Gasteiger partial charge is 0.496 e. The first-order chi connectivity index (χ1) is 8.12. The summed E-state index contributed by atoms with van der Waals surface area (Å²) in [6.45, 7) is 4.00. The van der Waals surface area contributed by atoms with Crippen molar-refractivity contribution in [2.24, 2.45) is 0 Å². The van der Waals surface area contributed by atoms with Crippen molar-refractivity contribution in [2.45, 2.75) is 20.3 Å². The molecule has 0 saturated heterocycles. The summed E-state index contributed by atoms with van der Waals surface area (Å²) in [6.07, 6.45) is 2.26. The van der Waals surface area contributed by atoms with Crippen LogP contribution in [0.5, 0.6) is 5.75 Å². The smallest absolute Gasteiger partial charge is 0.330 e. The van der Waals surface area contributed by atoms with Crippen LogP contribution in [0.15, 0.2) is 24.3 Å². The Balaban J connectivity index is 3.23. The number of esters is 1. The zero-order valence-corrected chi connectivity index (χ0v) is 10.7. The summed E-state index contributed by atoms with van der Waals surface area (Å²) in [4.78, 5) is 11.3. The molecule has 0 spiro atoms. The number of methoxy groups -OCH3 is 2. The fourth-order valence-electron chi connectivity index (χ4n) is 1.64. The fraction of sp³-hybridized carbons (Fsp3) is 0.357. The minimum atomic E-state index is -0.342. The summed E-state index contributed by atoms with van der Waals surface area (Å²) in [5.74, 6) is 0.429. The topological polar surface area (TPSA) is 35.5 Å². The normalized spacial score (nSPS) is 11.2. The number of ether oxygens (including phenoxy) is 2. The van der Waals surface area contributed by atoms with Gasteiger partial charge in [-0.05, 0) is 31.1 Å². The number of rotatable bonds is 4. The van der Waals surface area contributed by atoms with E-state index in [1.807, 2.05) is 32.0 Å². The van der Waals surface area contributed by atoms with Crippen LogP contribution < -0.4 is 4.74 Å². The molecule has 1 aromatic carbocycles. The lowest BCUT2D eigenvalue weighted by molar-refractivity contribution is -0.134. The van der Waals surface area contributed by atoms with Crippen molar-refractivity contribution in [3.8, 4) is 5.75 Å². The Morgan fingerprint density at radius 2 is 2.06 bits per heavy atom. The van der Waals surface area contributed by atoms with Crippen molar-refractivity contribution < 1.29 is 14.3 Å². The number of aryl methyl sites for hydroxylation is 1. The molecule has 92 valence electrons. The molecule has 17 heavy (non-hydrogen) atoms. The number of carbonyl (C=O) groups excluding carboxylic acids is 1. The molecule has 0 fully saturated rings. The van der Waals surface area contributed by atoms with Crippen molar-refractivity contribution in [3.63, 3.8) is 0 Å². The van der Waals surface area contributed by atoms with Crippen molar-refractivity contribution in [1.29, 1.82) is 0 Å². The van der Waals surface area contributed by atoms with Crippen molar-refractivity contribution in [3.05, 3.63) is 35.4 Å². The monoisotopic (exact) mass is 234 g/mol. The van der Waals surface area contributed by atoms with Crippen LogP contribution >= 0.6 is 0 Å². The molecular formula is C14H18O3. The van der Waals surface area contributed by atoms with Crippen LogP contribution in [0, 0.1) is 6.92 Å². The van der Waals surface area contributed by atoms with Gasteiger partial charge in [-0.15, -0.1) is 0 Å². The van der Waals surface area contributed by atoms with Crippen LogP contribution in [-0.4, -0.2) is 20.2 Å². The predicted molar refractivity (Wildman–Crippen MR) is 68.0 cm³/mol. The highest BCUT2D eigenvalue weighted by molar-refractivity contribution is 5.92. The van der Waals surface area contributed by atoms with E-state index in [0.717, 1.165) is 28.9 Å². The van der Waals surface area contributed by atoms with Crippen molar-refractivity contribution in [1.82, 2.24) is 0 Å². The molecule has 1 rings (SSSR count). The Kier molecular flexibility index (Phi) is 4.76. The summed E-state index contributed by atoms with van der Waals surface area (Å²) in [5.41, 5.74) is 2.99. The second kappa shape index (κ2) is 6.09. The van der Waals surface area contributed by atoms with E-state index in [0.29, 0.717) is 0 Å². The van der Waals surface area contributed by atoms with E-state index >= 15 is 0 Å². The number of carbonyl (C=O) groups is 1. The highest BCUT2D eigenvalue weighted by Gasteiger charge is 2.09. The van der Waals surface area contributed by atoms with E-state index < -0.39 is 0 Å². The van der Waals surface area contributed by atoms with Gasteiger partial charge in [0.15, 0.2) is 0 Å². The van der Waals surface area contributed by atoms with Gasteiger partial charge in [0.1, 0.15) is 5.75 Å². The first-order valence-corrected chi connectivity index (χ1v) is 5.55. The molecular weight excluding hydrogens is 216 g/mol. The lowest BCUT2D eigenvalue weighted by atomic mass is 10.00. The van der Waals surface area contributed by atoms with E-state index in [1.165, 1.54) is 13.2 Å². The van der Waals surface area contributed by atoms with Gasteiger partial charge in [-0.25, -0.2) is 4.79 Å². The highest BCUT2D eigenvalue weighted by Crippen LogP contribution is 2.29. The Bertz CT molecular complexity index is 433. The number of benzene rings is 1. The van der Waals surface area contributed by atoms with Crippen LogP contribution in [0.3, 0.4) is 0 Å². The number of hydrogen-bond acceptors (Lipinski definition) is 3. The van der Waals surface area contributed by atoms with Crippen LogP contribution in [-0.2, 0) is 9.53 Å². The van der Waals surface area contributed by atoms with Gasteiger partial charge in [-0.3, -0.25) is 0 Å². The third-order valence-corrected chi connectivity index (χ3v) is 2.58. The quantitative estimate of drug-likeness (QED) is 0.593. The predicted octanol–water partition coefficient (Wildman–Crippen LogP) is 2.97. The molecule has 0 N–H and O–H groups in total. The molecule has 0 amide bonds.